The first-order chi connectivity index (χ1) is 17.5. The number of hydrogen-bond acceptors (Lipinski definition) is 5. The van der Waals surface area contributed by atoms with E-state index in [2.05, 4.69) is 10.6 Å². The lowest BCUT2D eigenvalue weighted by molar-refractivity contribution is -0.151. The number of nitrogens with one attached hydrogen (secondary N) is 2. The fourth-order valence-electron chi connectivity index (χ4n) is 3.37. The number of hydrogen-bond donors (Lipinski definition) is 2. The van der Waals surface area contributed by atoms with Crippen molar-refractivity contribution in [3.8, 4) is 0 Å². The van der Waals surface area contributed by atoms with Crippen LogP contribution in [0.25, 0.3) is 0 Å². The third-order valence-corrected chi connectivity index (χ3v) is 5.51. The molecule has 0 fully saturated rings. The molecule has 1 rings (SSSR count). The van der Waals surface area contributed by atoms with Gasteiger partial charge in [0.05, 0.1) is 7.11 Å². The number of methoxy groups -OCH3 is 1. The van der Waals surface area contributed by atoms with Crippen molar-refractivity contribution in [2.45, 2.75) is 66.4 Å². The first-order valence-corrected chi connectivity index (χ1v) is 12.7. The van der Waals surface area contributed by atoms with Crippen LogP contribution < -0.4 is 10.6 Å². The number of amides is 2. The molecule has 0 aromatic carbocycles. The molecule has 2 amide bonds. The van der Waals surface area contributed by atoms with Crippen LogP contribution in [0.5, 0.6) is 0 Å². The second kappa shape index (κ2) is 17.2. The highest BCUT2D eigenvalue weighted by Crippen LogP contribution is 2.22. The standard InChI is InChI=1S/C29H39ClN2O5/c1-20(2)27(28(34)31-18-12-8-7-9-14-23(5)30)32-26(33)15-11-10-13-21(3)19-22(4)24-16-17-25(36-6)29(35)37-24/h10-15,17-19,22,24H,7-9,16H2,1-6H3,(H,31,34)(H,32,33)/b13-10-,15-11-,18-12-,21-19+,23-14+/t22-,24-/m0/s1. The Bertz CT molecular complexity index is 1020. The number of cyclic esters (lactones) is 1. The van der Waals surface area contributed by atoms with Crippen molar-refractivity contribution >= 4 is 29.4 Å². The number of unbranched alkanes of at least 4 members (excludes halogenated alkanes) is 2. The van der Waals surface area contributed by atoms with Crippen molar-refractivity contribution < 1.29 is 23.9 Å². The van der Waals surface area contributed by atoms with Gasteiger partial charge in [0.2, 0.25) is 5.91 Å². The van der Waals surface area contributed by atoms with E-state index in [0.717, 1.165) is 29.9 Å². The maximum absolute atomic E-state index is 12.5. The largest absolute Gasteiger partial charge is 0.490 e. The quantitative estimate of drug-likeness (QED) is 0.134. The molecule has 0 saturated heterocycles. The first-order valence-electron chi connectivity index (χ1n) is 12.3. The van der Waals surface area contributed by atoms with Crippen LogP contribution in [-0.4, -0.2) is 31.0 Å². The van der Waals surface area contributed by atoms with Gasteiger partial charge in [0.15, 0.2) is 5.76 Å². The Labute approximate surface area is 225 Å². The van der Waals surface area contributed by atoms with Crippen molar-refractivity contribution in [2.24, 2.45) is 5.92 Å². The third kappa shape index (κ3) is 13.0. The van der Waals surface area contributed by atoms with E-state index in [9.17, 15) is 14.4 Å². The van der Waals surface area contributed by atoms with Gasteiger partial charge in [-0.25, -0.2) is 4.79 Å². The van der Waals surface area contributed by atoms with E-state index >= 15 is 0 Å². The molecule has 0 aliphatic carbocycles. The maximum Gasteiger partial charge on any atom is 0.373 e. The Hall–Kier alpha value is -3.32. The van der Waals surface area contributed by atoms with Crippen LogP contribution in [0.15, 0.2) is 82.4 Å². The molecule has 0 spiro atoms. The maximum atomic E-state index is 12.5. The molecule has 1 aliphatic heterocycles. The van der Waals surface area contributed by atoms with Gasteiger partial charge in [-0.15, -0.1) is 0 Å². The minimum absolute atomic E-state index is 0.00926. The van der Waals surface area contributed by atoms with Crippen molar-refractivity contribution in [1.29, 1.82) is 0 Å². The van der Waals surface area contributed by atoms with Crippen molar-refractivity contribution in [3.05, 3.63) is 82.4 Å². The highest BCUT2D eigenvalue weighted by molar-refractivity contribution is 6.29. The van der Waals surface area contributed by atoms with Crippen molar-refractivity contribution in [1.82, 2.24) is 10.6 Å². The SMILES string of the molecule is COC1=CC[C@@H]([C@@H](C)/C=C(C)/C=C\C=C/C(=O)NC(C(=O)N/C=C\CCC/C=C(\C)Cl)=C(C)C)OC1=O. The van der Waals surface area contributed by atoms with Gasteiger partial charge in [0.1, 0.15) is 11.8 Å². The van der Waals surface area contributed by atoms with Crippen LogP contribution in [0, 0.1) is 5.92 Å². The monoisotopic (exact) mass is 530 g/mol. The Kier molecular flexibility index (Phi) is 14.7. The molecule has 0 aromatic rings. The highest BCUT2D eigenvalue weighted by Gasteiger charge is 2.26. The number of carbonyl (C=O) groups is 3. The molecule has 1 aliphatic rings. The number of carbonyl (C=O) groups excluding carboxylic acids is 3. The molecule has 8 heteroatoms. The zero-order chi connectivity index (χ0) is 27.8. The van der Waals surface area contributed by atoms with Gasteiger partial charge >= 0.3 is 5.97 Å². The predicted molar refractivity (Wildman–Crippen MR) is 148 cm³/mol. The molecule has 0 bridgehead atoms. The zero-order valence-corrected chi connectivity index (χ0v) is 23.4. The fourth-order valence-corrected chi connectivity index (χ4v) is 3.48. The smallest absolute Gasteiger partial charge is 0.373 e. The van der Waals surface area contributed by atoms with Crippen LogP contribution in [0.2, 0.25) is 0 Å². The summed E-state index contributed by atoms with van der Waals surface area (Å²) < 4.78 is 10.4. The predicted octanol–water partition coefficient (Wildman–Crippen LogP) is 5.88. The molecule has 1 heterocycles. The Morgan fingerprint density at radius 3 is 2.51 bits per heavy atom. The lowest BCUT2D eigenvalue weighted by atomic mass is 9.97. The Morgan fingerprint density at radius 1 is 1.19 bits per heavy atom. The van der Waals surface area contributed by atoms with Gasteiger partial charge in [0.25, 0.3) is 5.91 Å². The van der Waals surface area contributed by atoms with Gasteiger partial charge in [-0.3, -0.25) is 9.59 Å². The number of rotatable bonds is 13. The fraction of sp³-hybridized carbons (Fsp3) is 0.414. The number of esters is 1. The summed E-state index contributed by atoms with van der Waals surface area (Å²) in [6, 6.07) is 0. The normalized spacial score (nSPS) is 17.5. The van der Waals surface area contributed by atoms with Crippen LogP contribution in [0.3, 0.4) is 0 Å². The van der Waals surface area contributed by atoms with Gasteiger partial charge in [-0.05, 0) is 58.6 Å². The van der Waals surface area contributed by atoms with Crippen molar-refractivity contribution in [3.63, 3.8) is 0 Å². The summed E-state index contributed by atoms with van der Waals surface area (Å²) in [7, 11) is 1.44. The molecule has 2 N–H and O–H groups in total. The molecule has 0 unspecified atom stereocenters. The zero-order valence-electron chi connectivity index (χ0n) is 22.6. The topological polar surface area (TPSA) is 93.7 Å². The van der Waals surface area contributed by atoms with Crippen LogP contribution in [0.1, 0.15) is 60.3 Å². The number of halogens is 1. The summed E-state index contributed by atoms with van der Waals surface area (Å²) >= 11 is 5.79. The summed E-state index contributed by atoms with van der Waals surface area (Å²) in [5.41, 5.74) is 1.86. The molecule has 0 saturated carbocycles. The second-order valence-electron chi connectivity index (χ2n) is 8.90. The van der Waals surface area contributed by atoms with Crippen LogP contribution in [0.4, 0.5) is 0 Å². The molecule has 37 heavy (non-hydrogen) atoms. The number of ether oxygens (including phenoxy) is 2. The summed E-state index contributed by atoms with van der Waals surface area (Å²) in [5.74, 6) is -0.997. The summed E-state index contributed by atoms with van der Waals surface area (Å²) in [6.07, 6.45) is 18.6. The van der Waals surface area contributed by atoms with E-state index in [4.69, 9.17) is 21.1 Å². The molecular formula is C29H39ClN2O5. The van der Waals surface area contributed by atoms with Crippen LogP contribution in [-0.2, 0) is 23.9 Å². The lowest BCUT2D eigenvalue weighted by Gasteiger charge is -2.25. The van der Waals surface area contributed by atoms with Gasteiger partial charge < -0.3 is 20.1 Å². The second-order valence-corrected chi connectivity index (χ2v) is 9.50. The Balaban J connectivity index is 2.56. The van der Waals surface area contributed by atoms with E-state index in [-0.39, 0.29) is 29.4 Å². The highest BCUT2D eigenvalue weighted by atomic mass is 35.5. The minimum Gasteiger partial charge on any atom is -0.490 e. The average Bonchev–Trinajstić information content (AvgIpc) is 2.83. The first kappa shape index (κ1) is 31.7. The summed E-state index contributed by atoms with van der Waals surface area (Å²) in [4.78, 5) is 36.6. The summed E-state index contributed by atoms with van der Waals surface area (Å²) in [5, 5.41) is 6.10. The van der Waals surface area contributed by atoms with E-state index in [0.29, 0.717) is 12.0 Å². The Morgan fingerprint density at radius 2 is 1.89 bits per heavy atom. The van der Waals surface area contributed by atoms with Gasteiger partial charge in [-0.2, -0.15) is 0 Å². The number of allylic oxidation sites excluding steroid dienone is 8. The molecule has 0 radical (unpaired) electrons. The van der Waals surface area contributed by atoms with E-state index in [1.165, 1.54) is 13.2 Å². The van der Waals surface area contributed by atoms with Gasteiger partial charge in [0, 0.05) is 29.6 Å². The van der Waals surface area contributed by atoms with Crippen molar-refractivity contribution in [2.75, 3.05) is 7.11 Å². The average molecular weight is 531 g/mol. The molecule has 0 aromatic heterocycles. The molecule has 202 valence electrons. The van der Waals surface area contributed by atoms with E-state index in [1.54, 1.807) is 38.3 Å². The van der Waals surface area contributed by atoms with Crippen LogP contribution >= 0.6 is 11.6 Å². The van der Waals surface area contributed by atoms with E-state index < -0.39 is 11.9 Å². The molecule has 7 nitrogen and oxygen atoms in total. The summed E-state index contributed by atoms with van der Waals surface area (Å²) in [6.45, 7) is 9.26. The molecule has 2 atom stereocenters. The third-order valence-electron chi connectivity index (χ3n) is 5.35. The molecular weight excluding hydrogens is 492 g/mol. The lowest BCUT2D eigenvalue weighted by Crippen LogP contribution is -2.32. The minimum atomic E-state index is -0.451. The van der Waals surface area contributed by atoms with Gasteiger partial charge in [-0.1, -0.05) is 60.6 Å². The van der Waals surface area contributed by atoms with E-state index in [1.807, 2.05) is 45.1 Å².